The molecule has 1 saturated carbocycles. The molecule has 2 fully saturated rings. The van der Waals surface area contributed by atoms with Crippen molar-refractivity contribution >= 4 is 11.8 Å². The molecule has 1 unspecified atom stereocenters. The maximum absolute atomic E-state index is 15.0. The molecule has 6 nitrogen and oxygen atoms in total. The van der Waals surface area contributed by atoms with Gasteiger partial charge >= 0.3 is 0 Å². The van der Waals surface area contributed by atoms with Gasteiger partial charge < -0.3 is 16.0 Å². The molecule has 0 spiro atoms. The highest BCUT2D eigenvalue weighted by Crippen LogP contribution is 2.44. The van der Waals surface area contributed by atoms with Gasteiger partial charge in [0.25, 0.3) is 5.91 Å². The summed E-state index contributed by atoms with van der Waals surface area (Å²) in [5.41, 5.74) is 3.55. The first-order valence-corrected chi connectivity index (χ1v) is 12.0. The largest absolute Gasteiger partial charge is 0.352 e. The molecular weight excluding hydrogens is 431 g/mol. The zero-order valence-corrected chi connectivity index (χ0v) is 19.4. The fourth-order valence-corrected chi connectivity index (χ4v) is 5.87. The summed E-state index contributed by atoms with van der Waals surface area (Å²) in [6.07, 6.45) is 1.83. The fourth-order valence-electron chi connectivity index (χ4n) is 5.87. The van der Waals surface area contributed by atoms with Crippen LogP contribution in [0.1, 0.15) is 41.8 Å². The van der Waals surface area contributed by atoms with Crippen LogP contribution in [0, 0.1) is 34.9 Å². The molecule has 2 bridgehead atoms. The van der Waals surface area contributed by atoms with Crippen LogP contribution in [0.4, 0.5) is 4.39 Å². The molecule has 1 aliphatic carbocycles. The van der Waals surface area contributed by atoms with E-state index in [1.165, 1.54) is 6.07 Å². The molecule has 3 aliphatic rings. The van der Waals surface area contributed by atoms with E-state index in [0.29, 0.717) is 41.1 Å². The molecule has 5 rings (SSSR count). The van der Waals surface area contributed by atoms with Gasteiger partial charge in [-0.05, 0) is 65.0 Å². The lowest BCUT2D eigenvalue weighted by Crippen LogP contribution is -2.54. The minimum atomic E-state index is -0.802. The van der Waals surface area contributed by atoms with Gasteiger partial charge in [-0.2, -0.15) is 5.26 Å². The van der Waals surface area contributed by atoms with Crippen LogP contribution in [0.5, 0.6) is 0 Å². The van der Waals surface area contributed by atoms with Gasteiger partial charge in [-0.3, -0.25) is 9.59 Å². The second-order valence-corrected chi connectivity index (χ2v) is 9.95. The summed E-state index contributed by atoms with van der Waals surface area (Å²) >= 11 is 0. The molecule has 6 atom stereocenters. The number of hydrogen-bond donors (Lipinski definition) is 3. The van der Waals surface area contributed by atoms with E-state index < -0.39 is 11.9 Å². The van der Waals surface area contributed by atoms with Gasteiger partial charge in [0.2, 0.25) is 5.91 Å². The fraction of sp³-hybridized carbons (Fsp3) is 0.444. The molecular formula is C27H29FN4O2. The van der Waals surface area contributed by atoms with Crippen LogP contribution < -0.4 is 16.0 Å². The molecule has 0 aromatic heterocycles. The molecule has 2 aromatic rings. The summed E-state index contributed by atoms with van der Waals surface area (Å²) in [4.78, 5) is 24.8. The molecule has 176 valence electrons. The average molecular weight is 461 g/mol. The zero-order valence-electron chi connectivity index (χ0n) is 19.4. The molecule has 1 saturated heterocycles. The Morgan fingerprint density at radius 1 is 1.21 bits per heavy atom. The number of carbonyl (C=O) groups is 2. The van der Waals surface area contributed by atoms with Gasteiger partial charge in [0.05, 0.1) is 12.1 Å². The van der Waals surface area contributed by atoms with Crippen molar-refractivity contribution in [3.63, 3.8) is 0 Å². The van der Waals surface area contributed by atoms with Crippen LogP contribution in [0.15, 0.2) is 36.4 Å². The molecule has 2 aliphatic heterocycles. The first-order chi connectivity index (χ1) is 16.4. The molecule has 3 N–H and O–H groups in total. The predicted molar refractivity (Wildman–Crippen MR) is 126 cm³/mol. The number of amides is 2. The molecule has 34 heavy (non-hydrogen) atoms. The van der Waals surface area contributed by atoms with E-state index in [1.807, 2.05) is 18.2 Å². The molecule has 2 heterocycles. The number of nitrogens with zero attached hydrogens (tertiary/aromatic N) is 1. The highest BCUT2D eigenvalue weighted by atomic mass is 19.1. The summed E-state index contributed by atoms with van der Waals surface area (Å²) in [6.45, 7) is 4.99. The standard InChI is InChI=1S/C27H29FN4O2/c1-14-15(2)24-12-22(14)25(32-24)27(34)31-20(13-29)10-19-4-3-17(11-23(19)28)16-5-6-21-18(9-16)7-8-30-26(21)33/h3-6,9,11,14-15,20,22,24-25,32H,7-8,10,12H2,1-2H3,(H,30,33)(H,31,34)/t14-,15+,20?,22+,24+,25+/m1/s1. The van der Waals surface area contributed by atoms with Crippen molar-refractivity contribution in [1.82, 2.24) is 16.0 Å². The number of hydrogen-bond acceptors (Lipinski definition) is 4. The molecule has 0 radical (unpaired) electrons. The van der Waals surface area contributed by atoms with Crippen LogP contribution in [0.3, 0.4) is 0 Å². The summed E-state index contributed by atoms with van der Waals surface area (Å²) in [5, 5.41) is 18.7. The normalized spacial score (nSPS) is 28.1. The Kier molecular flexibility index (Phi) is 5.86. The van der Waals surface area contributed by atoms with Crippen molar-refractivity contribution in [3.05, 3.63) is 58.9 Å². The minimum Gasteiger partial charge on any atom is -0.352 e. The van der Waals surface area contributed by atoms with Gasteiger partial charge in [-0.25, -0.2) is 4.39 Å². The van der Waals surface area contributed by atoms with Crippen molar-refractivity contribution in [2.45, 2.75) is 51.2 Å². The third kappa shape index (κ3) is 3.97. The van der Waals surface area contributed by atoms with E-state index in [2.05, 4.69) is 35.9 Å². The van der Waals surface area contributed by atoms with E-state index in [4.69, 9.17) is 0 Å². The van der Waals surface area contributed by atoms with Crippen LogP contribution in [-0.4, -0.2) is 36.5 Å². The number of piperidine rings is 1. The van der Waals surface area contributed by atoms with Crippen molar-refractivity contribution in [1.29, 1.82) is 5.26 Å². The van der Waals surface area contributed by atoms with Gasteiger partial charge in [0.15, 0.2) is 0 Å². The zero-order chi connectivity index (χ0) is 24.0. The number of nitriles is 1. The lowest BCUT2D eigenvalue weighted by atomic mass is 9.84. The second-order valence-electron chi connectivity index (χ2n) is 9.95. The Morgan fingerprint density at radius 2 is 1.97 bits per heavy atom. The number of halogens is 1. The van der Waals surface area contributed by atoms with E-state index in [9.17, 15) is 19.2 Å². The van der Waals surface area contributed by atoms with E-state index >= 15 is 0 Å². The summed E-state index contributed by atoms with van der Waals surface area (Å²) in [5.74, 6) is 0.614. The molecule has 7 heteroatoms. The Hall–Kier alpha value is -3.24. The van der Waals surface area contributed by atoms with Crippen LogP contribution >= 0.6 is 0 Å². The highest BCUT2D eigenvalue weighted by molar-refractivity contribution is 5.97. The van der Waals surface area contributed by atoms with Crippen LogP contribution in [0.25, 0.3) is 11.1 Å². The van der Waals surface area contributed by atoms with Gasteiger partial charge in [-0.1, -0.05) is 38.1 Å². The van der Waals surface area contributed by atoms with Crippen molar-refractivity contribution in [3.8, 4) is 17.2 Å². The highest BCUT2D eigenvalue weighted by Gasteiger charge is 2.51. The number of rotatable bonds is 5. The Bertz CT molecular complexity index is 1190. The van der Waals surface area contributed by atoms with Crippen molar-refractivity contribution in [2.24, 2.45) is 17.8 Å². The summed E-state index contributed by atoms with van der Waals surface area (Å²) in [6, 6.07) is 11.9. The number of nitrogens with one attached hydrogen (secondary N) is 3. The quantitative estimate of drug-likeness (QED) is 0.640. The maximum atomic E-state index is 15.0. The second kappa shape index (κ2) is 8.84. The predicted octanol–water partition coefficient (Wildman–Crippen LogP) is 2.96. The summed E-state index contributed by atoms with van der Waals surface area (Å²) < 4.78 is 15.0. The number of fused-ring (bicyclic) bond motifs is 3. The van der Waals surface area contributed by atoms with Crippen molar-refractivity contribution < 1.29 is 14.0 Å². The van der Waals surface area contributed by atoms with Gasteiger partial charge in [0, 0.05) is 24.6 Å². The first kappa shape index (κ1) is 22.5. The topological polar surface area (TPSA) is 94.0 Å². The number of benzene rings is 2. The summed E-state index contributed by atoms with van der Waals surface area (Å²) in [7, 11) is 0. The van der Waals surface area contributed by atoms with Gasteiger partial charge in [0.1, 0.15) is 11.9 Å². The van der Waals surface area contributed by atoms with Crippen LogP contribution in [-0.2, 0) is 17.6 Å². The lowest BCUT2D eigenvalue weighted by Gasteiger charge is -2.32. The smallest absolute Gasteiger partial charge is 0.251 e. The van der Waals surface area contributed by atoms with E-state index in [-0.39, 0.29) is 30.2 Å². The number of carbonyl (C=O) groups excluding carboxylic acids is 2. The Morgan fingerprint density at radius 3 is 2.68 bits per heavy atom. The third-order valence-electron chi connectivity index (χ3n) is 8.08. The minimum absolute atomic E-state index is 0.0801. The average Bonchev–Trinajstić information content (AvgIpc) is 3.39. The van der Waals surface area contributed by atoms with E-state index in [1.54, 1.807) is 12.1 Å². The Balaban J connectivity index is 1.27. The van der Waals surface area contributed by atoms with Gasteiger partial charge in [-0.15, -0.1) is 0 Å². The van der Waals surface area contributed by atoms with E-state index in [0.717, 1.165) is 24.0 Å². The molecule has 2 aromatic carbocycles. The lowest BCUT2D eigenvalue weighted by molar-refractivity contribution is -0.125. The van der Waals surface area contributed by atoms with Crippen molar-refractivity contribution in [2.75, 3.05) is 6.54 Å². The maximum Gasteiger partial charge on any atom is 0.251 e. The first-order valence-electron chi connectivity index (χ1n) is 12.0. The SMILES string of the molecule is C[C@@H]1[C@H](C)[C@@H]2C[C@@H]1[C@@H](C(=O)NC(C#N)Cc1ccc(-c3ccc4c(c3)CCNC4=O)cc1F)N2. The monoisotopic (exact) mass is 460 g/mol. The van der Waals surface area contributed by atoms with Crippen LogP contribution in [0.2, 0.25) is 0 Å². The third-order valence-corrected chi connectivity index (χ3v) is 8.08. The Labute approximate surface area is 198 Å². The molecule has 2 amide bonds.